The zero-order valence-corrected chi connectivity index (χ0v) is 17.0. The summed E-state index contributed by atoms with van der Waals surface area (Å²) >= 11 is 1.35. The van der Waals surface area contributed by atoms with E-state index in [1.165, 1.54) is 11.3 Å². The lowest BCUT2D eigenvalue weighted by Crippen LogP contribution is -2.43. The Morgan fingerprint density at radius 2 is 2.31 bits per heavy atom. The van der Waals surface area contributed by atoms with Gasteiger partial charge in [0.15, 0.2) is 0 Å². The van der Waals surface area contributed by atoms with E-state index in [4.69, 9.17) is 16.2 Å². The SMILES string of the molecule is COCc1cnc2c(C(=O)Nc3cnccc3N3CCC[C@@H](N)C3)c(N)sc2c1. The molecule has 0 radical (unpaired) electrons. The summed E-state index contributed by atoms with van der Waals surface area (Å²) in [7, 11) is 1.63. The Morgan fingerprint density at radius 3 is 3.10 bits per heavy atom. The minimum absolute atomic E-state index is 0.127. The molecule has 4 heterocycles. The first-order chi connectivity index (χ1) is 14.1. The molecule has 3 aromatic heterocycles. The molecule has 1 amide bonds. The Balaban J connectivity index is 1.63. The van der Waals surface area contributed by atoms with E-state index < -0.39 is 0 Å². The van der Waals surface area contributed by atoms with Crippen molar-refractivity contribution in [1.29, 1.82) is 0 Å². The van der Waals surface area contributed by atoms with Crippen LogP contribution < -0.4 is 21.7 Å². The van der Waals surface area contributed by atoms with E-state index in [0.29, 0.717) is 28.4 Å². The number of fused-ring (bicyclic) bond motifs is 1. The lowest BCUT2D eigenvalue weighted by atomic mass is 10.1. The van der Waals surface area contributed by atoms with E-state index >= 15 is 0 Å². The zero-order chi connectivity index (χ0) is 20.4. The third-order valence-corrected chi connectivity index (χ3v) is 5.95. The minimum Gasteiger partial charge on any atom is -0.390 e. The number of hydrogen-bond donors (Lipinski definition) is 3. The lowest BCUT2D eigenvalue weighted by Gasteiger charge is -2.33. The van der Waals surface area contributed by atoms with Crippen LogP contribution >= 0.6 is 11.3 Å². The van der Waals surface area contributed by atoms with E-state index in [0.717, 1.165) is 41.9 Å². The van der Waals surface area contributed by atoms with Gasteiger partial charge in [-0.3, -0.25) is 14.8 Å². The number of nitrogens with zero attached hydrogens (tertiary/aromatic N) is 3. The highest BCUT2D eigenvalue weighted by molar-refractivity contribution is 7.23. The molecule has 4 rings (SSSR count). The average molecular weight is 413 g/mol. The number of nitrogens with two attached hydrogens (primary N) is 2. The van der Waals surface area contributed by atoms with Gasteiger partial charge in [-0.05, 0) is 30.5 Å². The molecule has 0 spiro atoms. The molecule has 152 valence electrons. The summed E-state index contributed by atoms with van der Waals surface area (Å²) in [4.78, 5) is 23.9. The molecule has 0 aliphatic carbocycles. The summed E-state index contributed by atoms with van der Waals surface area (Å²) in [5, 5.41) is 3.41. The van der Waals surface area contributed by atoms with Crippen LogP contribution in [0.2, 0.25) is 0 Å². The third kappa shape index (κ3) is 4.02. The number of piperidine rings is 1. The van der Waals surface area contributed by atoms with Crippen LogP contribution in [0.4, 0.5) is 16.4 Å². The number of hydrogen-bond acceptors (Lipinski definition) is 8. The molecule has 0 unspecified atom stereocenters. The number of ether oxygens (including phenoxy) is 1. The maximum atomic E-state index is 13.1. The molecule has 0 saturated carbocycles. The first-order valence-corrected chi connectivity index (χ1v) is 10.3. The number of carbonyl (C=O) groups excluding carboxylic acids is 1. The summed E-state index contributed by atoms with van der Waals surface area (Å²) in [6.45, 7) is 2.10. The van der Waals surface area contributed by atoms with Crippen molar-refractivity contribution in [1.82, 2.24) is 9.97 Å². The van der Waals surface area contributed by atoms with Crippen molar-refractivity contribution in [2.45, 2.75) is 25.5 Å². The highest BCUT2D eigenvalue weighted by atomic mass is 32.1. The fraction of sp³-hybridized carbons (Fsp3) is 0.350. The van der Waals surface area contributed by atoms with Gasteiger partial charge in [0.05, 0.1) is 34.4 Å². The van der Waals surface area contributed by atoms with Crippen LogP contribution in [-0.4, -0.2) is 42.1 Å². The molecular formula is C20H24N6O2S. The van der Waals surface area contributed by atoms with Gasteiger partial charge in [0, 0.05) is 38.6 Å². The standard InChI is InChI=1S/C20H24N6O2S/c1-28-11-12-7-16-18(24-8-12)17(19(22)29-16)20(27)25-14-9-23-5-4-15(14)26-6-2-3-13(21)10-26/h4-5,7-9,13H,2-3,6,10-11,21-22H2,1H3,(H,25,27)/t13-/m1/s1. The monoisotopic (exact) mass is 412 g/mol. The maximum Gasteiger partial charge on any atom is 0.260 e. The van der Waals surface area contributed by atoms with Crippen molar-refractivity contribution < 1.29 is 9.53 Å². The van der Waals surface area contributed by atoms with Gasteiger partial charge in [-0.25, -0.2) is 0 Å². The van der Waals surface area contributed by atoms with E-state index in [1.54, 1.807) is 25.7 Å². The van der Waals surface area contributed by atoms with Crippen LogP contribution in [0.3, 0.4) is 0 Å². The smallest absolute Gasteiger partial charge is 0.260 e. The summed E-state index contributed by atoms with van der Waals surface area (Å²) in [6, 6.07) is 3.98. The molecular weight excluding hydrogens is 388 g/mol. The van der Waals surface area contributed by atoms with Gasteiger partial charge in [-0.2, -0.15) is 0 Å². The number of rotatable bonds is 5. The van der Waals surface area contributed by atoms with Gasteiger partial charge in [0.1, 0.15) is 10.6 Å². The van der Waals surface area contributed by atoms with E-state index in [2.05, 4.69) is 20.2 Å². The van der Waals surface area contributed by atoms with Crippen molar-refractivity contribution in [2.75, 3.05) is 36.1 Å². The predicted octanol–water partition coefficient (Wildman–Crippen LogP) is 2.60. The molecule has 1 aliphatic heterocycles. The Labute approximate surface area is 172 Å². The number of nitrogens with one attached hydrogen (secondary N) is 1. The minimum atomic E-state index is -0.295. The van der Waals surface area contributed by atoms with E-state index in [-0.39, 0.29) is 11.9 Å². The first kappa shape index (κ1) is 19.6. The molecule has 5 N–H and O–H groups in total. The van der Waals surface area contributed by atoms with Crippen LogP contribution in [0.1, 0.15) is 28.8 Å². The van der Waals surface area contributed by atoms with Crippen molar-refractivity contribution in [2.24, 2.45) is 5.73 Å². The van der Waals surface area contributed by atoms with Gasteiger partial charge in [-0.1, -0.05) is 0 Å². The summed E-state index contributed by atoms with van der Waals surface area (Å²) in [6.07, 6.45) is 7.12. The van der Waals surface area contributed by atoms with E-state index in [9.17, 15) is 4.79 Å². The number of thiophene rings is 1. The second-order valence-electron chi connectivity index (χ2n) is 7.16. The molecule has 29 heavy (non-hydrogen) atoms. The third-order valence-electron chi connectivity index (χ3n) is 5.00. The molecule has 8 nitrogen and oxygen atoms in total. The summed E-state index contributed by atoms with van der Waals surface area (Å²) in [5.74, 6) is -0.295. The molecule has 1 aliphatic rings. The summed E-state index contributed by atoms with van der Waals surface area (Å²) in [5.41, 5.74) is 15.8. The highest BCUT2D eigenvalue weighted by Gasteiger charge is 2.23. The number of anilines is 3. The maximum absolute atomic E-state index is 13.1. The van der Waals surface area contributed by atoms with Gasteiger partial charge < -0.3 is 26.4 Å². The molecule has 0 aromatic carbocycles. The fourth-order valence-corrected chi connectivity index (χ4v) is 4.66. The molecule has 0 bridgehead atoms. The Kier molecular flexibility index (Phi) is 5.61. The van der Waals surface area contributed by atoms with Crippen molar-refractivity contribution in [3.05, 3.63) is 41.9 Å². The molecule has 1 atom stereocenters. The van der Waals surface area contributed by atoms with Crippen LogP contribution in [-0.2, 0) is 11.3 Å². The topological polar surface area (TPSA) is 119 Å². The van der Waals surface area contributed by atoms with Gasteiger partial charge in [-0.15, -0.1) is 11.3 Å². The van der Waals surface area contributed by atoms with Crippen LogP contribution in [0.25, 0.3) is 10.2 Å². The van der Waals surface area contributed by atoms with Gasteiger partial charge >= 0.3 is 0 Å². The second-order valence-corrected chi connectivity index (χ2v) is 8.24. The van der Waals surface area contributed by atoms with Crippen LogP contribution in [0.5, 0.6) is 0 Å². The van der Waals surface area contributed by atoms with Crippen molar-refractivity contribution >= 4 is 43.8 Å². The number of nitrogen functional groups attached to an aromatic ring is 1. The van der Waals surface area contributed by atoms with Crippen molar-refractivity contribution in [3.8, 4) is 0 Å². The fourth-order valence-electron chi connectivity index (χ4n) is 3.67. The Hall–Kier alpha value is -2.75. The predicted molar refractivity (Wildman–Crippen MR) is 116 cm³/mol. The van der Waals surface area contributed by atoms with E-state index in [1.807, 2.05) is 12.1 Å². The molecule has 9 heteroatoms. The average Bonchev–Trinajstić information content (AvgIpc) is 3.03. The number of amides is 1. The number of pyridine rings is 2. The number of carbonyl (C=O) groups is 1. The van der Waals surface area contributed by atoms with Gasteiger partial charge in [0.2, 0.25) is 0 Å². The Bertz CT molecular complexity index is 1040. The van der Waals surface area contributed by atoms with Crippen LogP contribution in [0, 0.1) is 0 Å². The lowest BCUT2D eigenvalue weighted by molar-refractivity contribution is 0.102. The highest BCUT2D eigenvalue weighted by Crippen LogP contribution is 2.34. The largest absolute Gasteiger partial charge is 0.390 e. The zero-order valence-electron chi connectivity index (χ0n) is 16.2. The van der Waals surface area contributed by atoms with Crippen molar-refractivity contribution in [3.63, 3.8) is 0 Å². The second kappa shape index (κ2) is 8.32. The quantitative estimate of drug-likeness (QED) is 0.589. The first-order valence-electron chi connectivity index (χ1n) is 9.48. The molecule has 1 fully saturated rings. The van der Waals surface area contributed by atoms with Crippen LogP contribution in [0.15, 0.2) is 30.7 Å². The normalized spacial score (nSPS) is 16.9. The molecule has 3 aromatic rings. The summed E-state index contributed by atoms with van der Waals surface area (Å²) < 4.78 is 6.01. The molecule has 1 saturated heterocycles. The Morgan fingerprint density at radius 1 is 1.45 bits per heavy atom. The van der Waals surface area contributed by atoms with Gasteiger partial charge in [0.25, 0.3) is 5.91 Å². The number of aromatic nitrogens is 2. The number of methoxy groups -OCH3 is 1.